The third-order valence-electron chi connectivity index (χ3n) is 0. The van der Waals surface area contributed by atoms with Crippen LogP contribution in [-0.2, 0) is 10.9 Å². The molecule has 0 rings (SSSR count). The highest BCUT2D eigenvalue weighted by atomic mass is 32.2. The molecular formula is C10H28S+2. The van der Waals surface area contributed by atoms with Gasteiger partial charge in [0.25, 0.3) is 0 Å². The van der Waals surface area contributed by atoms with Crippen molar-refractivity contribution in [2.75, 3.05) is 18.8 Å². The Bertz CT molecular complexity index is 41.6. The maximum atomic E-state index is 3.77. The molecule has 0 aliphatic carbocycles. The fraction of sp³-hybridized carbons (Fsp3) is 0.900. The molecule has 0 aromatic heterocycles. The van der Waals surface area contributed by atoms with Crippen LogP contribution < -0.4 is 0 Å². The zero-order valence-corrected chi connectivity index (χ0v) is 8.43. The van der Waals surface area contributed by atoms with Gasteiger partial charge >= 0.3 is 0 Å². The third-order valence-corrected chi connectivity index (χ3v) is 0. The van der Waals surface area contributed by atoms with Crippen LogP contribution in [0.3, 0.4) is 0 Å². The first-order chi connectivity index (χ1) is 3.73. The molecule has 0 atom stereocenters. The van der Waals surface area contributed by atoms with Crippen LogP contribution in [0.4, 0.5) is 0 Å². The summed E-state index contributed by atoms with van der Waals surface area (Å²) in [6.45, 7) is 10.0. The van der Waals surface area contributed by atoms with Gasteiger partial charge in [0.2, 0.25) is 0 Å². The zero-order valence-electron chi connectivity index (χ0n) is 7.62. The number of hydrogen-bond acceptors (Lipinski definition) is 0. The van der Waals surface area contributed by atoms with Gasteiger partial charge in [0.15, 0.2) is 0 Å². The van der Waals surface area contributed by atoms with E-state index in [1.165, 1.54) is 0 Å². The first-order valence-electron chi connectivity index (χ1n) is 3.08. The van der Waals surface area contributed by atoms with Crippen LogP contribution in [0.2, 0.25) is 0 Å². The number of rotatable bonds is 0. The lowest BCUT2D eigenvalue weighted by Crippen LogP contribution is -1.94. The van der Waals surface area contributed by atoms with E-state index in [0.717, 1.165) is 0 Å². The van der Waals surface area contributed by atoms with Crippen LogP contribution in [0, 0.1) is 12.3 Å². The molecule has 0 bridgehead atoms. The quantitative estimate of drug-likeness (QED) is 0.394. The summed E-state index contributed by atoms with van der Waals surface area (Å²) in [5.74, 6) is 0. The van der Waals surface area contributed by atoms with E-state index < -0.39 is 0 Å². The molecule has 0 aliphatic rings. The van der Waals surface area contributed by atoms with Gasteiger partial charge in [0.05, 0.1) is 31.1 Å². The molecule has 0 nitrogen and oxygen atoms in total. The predicted octanol–water partition coefficient (Wildman–Crippen LogP) is 3.63. The van der Waals surface area contributed by atoms with Gasteiger partial charge in [-0.1, -0.05) is 14.9 Å². The van der Waals surface area contributed by atoms with Crippen molar-refractivity contribution in [2.24, 2.45) is 5.41 Å². The summed E-state index contributed by atoms with van der Waals surface area (Å²) in [5.41, 5.74) is 0.250. The van der Waals surface area contributed by atoms with E-state index in [1.807, 2.05) is 0 Å². The first-order valence-corrected chi connectivity index (χ1v) is 5.53. The molecule has 0 radical (unpaired) electrons. The Morgan fingerprint density at radius 3 is 0.909 bits per heavy atom. The van der Waals surface area contributed by atoms with Crippen molar-refractivity contribution in [3.63, 3.8) is 0 Å². The van der Waals surface area contributed by atoms with Crippen LogP contribution in [0.15, 0.2) is 0 Å². The van der Waals surface area contributed by atoms with Crippen molar-refractivity contribution in [2.45, 2.75) is 35.6 Å². The minimum absolute atomic E-state index is 0. The summed E-state index contributed by atoms with van der Waals surface area (Å²) in [6.07, 6.45) is 6.58. The first kappa shape index (κ1) is 22.5. The maximum Gasteiger partial charge on any atom is 0.0970 e. The molecule has 0 spiro atoms. The van der Waals surface area contributed by atoms with Gasteiger partial charge in [-0.05, 0) is 31.7 Å². The standard InChI is InChI=1S/C5H11.C3H9S.2CH4/c1-5(2,3)4;1-4(2)3;;/h1H2,2-4H3;1-3H3;2*1H4/q2*+1;;. The minimum Gasteiger partial charge on any atom is -0.0776 e. The number of hydrogen-bond donors (Lipinski definition) is 0. The van der Waals surface area contributed by atoms with Crippen molar-refractivity contribution < 1.29 is 0 Å². The average molecular weight is 180 g/mol. The second-order valence-corrected chi connectivity index (χ2v) is 6.23. The molecule has 0 aromatic rings. The lowest BCUT2D eigenvalue weighted by atomic mass is 10.0. The SMILES string of the molecule is C.C.C[S+](C)C.[CH2+]C(C)(C)C. The van der Waals surface area contributed by atoms with Crippen molar-refractivity contribution in [3.05, 3.63) is 6.92 Å². The molecule has 0 heterocycles. The predicted molar refractivity (Wildman–Crippen MR) is 63.4 cm³/mol. The molecule has 0 saturated carbocycles. The van der Waals surface area contributed by atoms with Gasteiger partial charge in [0, 0.05) is 0 Å². The second kappa shape index (κ2) is 10.2. The molecule has 0 amide bonds. The van der Waals surface area contributed by atoms with Crippen LogP contribution in [0.25, 0.3) is 0 Å². The lowest BCUT2D eigenvalue weighted by Gasteiger charge is -1.95. The molecule has 72 valence electrons. The molecule has 11 heavy (non-hydrogen) atoms. The maximum absolute atomic E-state index is 3.77. The molecule has 0 aliphatic heterocycles. The smallest absolute Gasteiger partial charge is 0.0776 e. The van der Waals surface area contributed by atoms with Gasteiger partial charge in [-0.3, -0.25) is 0 Å². The Kier molecular flexibility index (Phi) is 20.9. The minimum atomic E-state index is 0. The van der Waals surface area contributed by atoms with E-state index >= 15 is 0 Å². The molecule has 0 aromatic carbocycles. The zero-order chi connectivity index (χ0) is 8.08. The van der Waals surface area contributed by atoms with Crippen LogP contribution in [-0.4, -0.2) is 18.8 Å². The van der Waals surface area contributed by atoms with E-state index in [0.29, 0.717) is 10.9 Å². The summed E-state index contributed by atoms with van der Waals surface area (Å²) < 4.78 is 0. The molecule has 0 fully saturated rings. The van der Waals surface area contributed by atoms with Crippen LogP contribution in [0.1, 0.15) is 35.6 Å². The summed E-state index contributed by atoms with van der Waals surface area (Å²) in [4.78, 5) is 0. The Morgan fingerprint density at radius 1 is 0.909 bits per heavy atom. The fourth-order valence-corrected chi connectivity index (χ4v) is 0. The molecular weight excluding hydrogens is 152 g/mol. The summed E-state index contributed by atoms with van der Waals surface area (Å²) in [7, 11) is 0.639. The van der Waals surface area contributed by atoms with E-state index in [1.54, 1.807) is 0 Å². The van der Waals surface area contributed by atoms with Gasteiger partial charge in [-0.2, -0.15) is 0 Å². The largest absolute Gasteiger partial charge is 0.0970 e. The molecule has 0 N–H and O–H groups in total. The molecule has 0 unspecified atom stereocenters. The Hall–Kier alpha value is 0.220. The highest BCUT2D eigenvalue weighted by Crippen LogP contribution is 2.07. The van der Waals surface area contributed by atoms with Gasteiger partial charge in [0.1, 0.15) is 0 Å². The van der Waals surface area contributed by atoms with Crippen LogP contribution in [0.5, 0.6) is 0 Å². The molecule has 0 saturated heterocycles. The monoisotopic (exact) mass is 180 g/mol. The lowest BCUT2D eigenvalue weighted by molar-refractivity contribution is 0.539. The second-order valence-electron chi connectivity index (χ2n) is 3.79. The third kappa shape index (κ3) is 14300. The average Bonchev–Trinajstić information content (AvgIpc) is 1.19. The van der Waals surface area contributed by atoms with Gasteiger partial charge in [-0.25, -0.2) is 0 Å². The summed E-state index contributed by atoms with van der Waals surface area (Å²) in [6, 6.07) is 0. The van der Waals surface area contributed by atoms with E-state index in [4.69, 9.17) is 0 Å². The highest BCUT2D eigenvalue weighted by molar-refractivity contribution is 7.94. The van der Waals surface area contributed by atoms with Crippen molar-refractivity contribution >= 4 is 10.9 Å². The summed E-state index contributed by atoms with van der Waals surface area (Å²) in [5, 5.41) is 0. The molecule has 1 heteroatoms. The van der Waals surface area contributed by atoms with E-state index in [-0.39, 0.29) is 20.3 Å². The Morgan fingerprint density at radius 2 is 0.909 bits per heavy atom. The van der Waals surface area contributed by atoms with Crippen molar-refractivity contribution in [1.82, 2.24) is 0 Å². The Labute approximate surface area is 78.1 Å². The van der Waals surface area contributed by atoms with Crippen molar-refractivity contribution in [3.8, 4) is 0 Å². The highest BCUT2D eigenvalue weighted by Gasteiger charge is 2.05. The topological polar surface area (TPSA) is 0 Å². The normalized spacial score (nSPS) is 8.64. The van der Waals surface area contributed by atoms with E-state index in [9.17, 15) is 0 Å². The van der Waals surface area contributed by atoms with E-state index in [2.05, 4.69) is 46.5 Å². The van der Waals surface area contributed by atoms with Gasteiger partial charge < -0.3 is 0 Å². The summed E-state index contributed by atoms with van der Waals surface area (Å²) >= 11 is 0. The van der Waals surface area contributed by atoms with Crippen molar-refractivity contribution in [1.29, 1.82) is 0 Å². The van der Waals surface area contributed by atoms with Crippen LogP contribution >= 0.6 is 0 Å². The fourth-order valence-electron chi connectivity index (χ4n) is 0. The van der Waals surface area contributed by atoms with Gasteiger partial charge in [-0.15, -0.1) is 0 Å². The Balaban J connectivity index is -0.0000000383.